The van der Waals surface area contributed by atoms with Crippen LogP contribution in [0.5, 0.6) is 0 Å². The average Bonchev–Trinajstić information content (AvgIpc) is 2.35. The predicted octanol–water partition coefficient (Wildman–Crippen LogP) is 1.78. The first-order chi connectivity index (χ1) is 8.36. The summed E-state index contributed by atoms with van der Waals surface area (Å²) >= 11 is 0. The third-order valence-corrected chi connectivity index (χ3v) is 2.65. The third-order valence-electron chi connectivity index (χ3n) is 2.65. The van der Waals surface area contributed by atoms with E-state index in [0.717, 1.165) is 5.69 Å². The summed E-state index contributed by atoms with van der Waals surface area (Å²) in [6.07, 6.45) is 0. The van der Waals surface area contributed by atoms with Gasteiger partial charge >= 0.3 is 0 Å². The van der Waals surface area contributed by atoms with Gasteiger partial charge in [0.15, 0.2) is 0 Å². The summed E-state index contributed by atoms with van der Waals surface area (Å²) in [5.41, 5.74) is 0.250. The van der Waals surface area contributed by atoms with Crippen LogP contribution in [-0.4, -0.2) is 24.4 Å². The lowest BCUT2D eigenvalue weighted by molar-refractivity contribution is -0.384. The van der Waals surface area contributed by atoms with Crippen LogP contribution in [0.25, 0.3) is 0 Å². The molecule has 0 aliphatic heterocycles. The SMILES string of the molecule is CNC(=O)C(C)(C)CNc1ccc([N+](=O)[O-])cc1. The number of anilines is 1. The van der Waals surface area contributed by atoms with E-state index >= 15 is 0 Å². The zero-order valence-electron chi connectivity index (χ0n) is 10.7. The van der Waals surface area contributed by atoms with Gasteiger partial charge in [-0.1, -0.05) is 0 Å². The number of hydrogen-bond donors (Lipinski definition) is 2. The first-order valence-electron chi connectivity index (χ1n) is 5.57. The molecule has 1 amide bonds. The van der Waals surface area contributed by atoms with Gasteiger partial charge in [0.2, 0.25) is 5.91 Å². The van der Waals surface area contributed by atoms with Gasteiger partial charge in [0.05, 0.1) is 10.3 Å². The van der Waals surface area contributed by atoms with Crippen molar-refractivity contribution in [1.29, 1.82) is 0 Å². The summed E-state index contributed by atoms with van der Waals surface area (Å²) in [7, 11) is 1.59. The number of nitro groups is 1. The molecular weight excluding hydrogens is 234 g/mol. The summed E-state index contributed by atoms with van der Waals surface area (Å²) < 4.78 is 0. The van der Waals surface area contributed by atoms with E-state index in [1.165, 1.54) is 12.1 Å². The van der Waals surface area contributed by atoms with Crippen LogP contribution in [0.2, 0.25) is 0 Å². The Morgan fingerprint density at radius 3 is 2.33 bits per heavy atom. The van der Waals surface area contributed by atoms with E-state index in [-0.39, 0.29) is 11.6 Å². The maximum atomic E-state index is 11.6. The lowest BCUT2D eigenvalue weighted by atomic mass is 9.92. The third kappa shape index (κ3) is 3.44. The van der Waals surface area contributed by atoms with Crippen molar-refractivity contribution in [2.24, 2.45) is 5.41 Å². The fraction of sp³-hybridized carbons (Fsp3) is 0.417. The van der Waals surface area contributed by atoms with Gasteiger partial charge in [0, 0.05) is 31.4 Å². The van der Waals surface area contributed by atoms with Crippen molar-refractivity contribution in [2.75, 3.05) is 18.9 Å². The van der Waals surface area contributed by atoms with Gasteiger partial charge in [0.1, 0.15) is 0 Å². The number of benzene rings is 1. The summed E-state index contributed by atoms with van der Waals surface area (Å²) in [4.78, 5) is 21.6. The van der Waals surface area contributed by atoms with Crippen LogP contribution in [0.4, 0.5) is 11.4 Å². The van der Waals surface area contributed by atoms with Gasteiger partial charge in [-0.25, -0.2) is 0 Å². The van der Waals surface area contributed by atoms with E-state index in [2.05, 4.69) is 10.6 Å². The predicted molar refractivity (Wildman–Crippen MR) is 69.4 cm³/mol. The molecule has 0 heterocycles. The lowest BCUT2D eigenvalue weighted by Gasteiger charge is -2.23. The normalized spacial score (nSPS) is 10.8. The Labute approximate surface area is 106 Å². The maximum absolute atomic E-state index is 11.6. The van der Waals surface area contributed by atoms with Crippen LogP contribution in [0.3, 0.4) is 0 Å². The van der Waals surface area contributed by atoms with E-state index in [1.54, 1.807) is 19.2 Å². The second-order valence-corrected chi connectivity index (χ2v) is 4.62. The smallest absolute Gasteiger partial charge is 0.269 e. The molecule has 0 radical (unpaired) electrons. The number of carbonyl (C=O) groups excluding carboxylic acids is 1. The molecule has 0 fully saturated rings. The van der Waals surface area contributed by atoms with Crippen LogP contribution in [-0.2, 0) is 4.79 Å². The van der Waals surface area contributed by atoms with Gasteiger partial charge in [-0.3, -0.25) is 14.9 Å². The Morgan fingerprint density at radius 2 is 1.89 bits per heavy atom. The number of nitro benzene ring substituents is 1. The summed E-state index contributed by atoms with van der Waals surface area (Å²) in [5.74, 6) is -0.0584. The molecule has 0 atom stereocenters. The van der Waals surface area contributed by atoms with Gasteiger partial charge < -0.3 is 10.6 Å². The van der Waals surface area contributed by atoms with Crippen molar-refractivity contribution in [1.82, 2.24) is 5.32 Å². The average molecular weight is 251 g/mol. The van der Waals surface area contributed by atoms with Crippen LogP contribution in [0, 0.1) is 15.5 Å². The van der Waals surface area contributed by atoms with Crippen LogP contribution in [0.1, 0.15) is 13.8 Å². The van der Waals surface area contributed by atoms with Crippen LogP contribution >= 0.6 is 0 Å². The minimum absolute atomic E-state index is 0.0473. The van der Waals surface area contributed by atoms with Crippen molar-refractivity contribution in [2.45, 2.75) is 13.8 Å². The van der Waals surface area contributed by atoms with Crippen molar-refractivity contribution in [3.63, 3.8) is 0 Å². The van der Waals surface area contributed by atoms with Crippen molar-refractivity contribution >= 4 is 17.3 Å². The first kappa shape index (κ1) is 14.0. The molecule has 0 spiro atoms. The highest BCUT2D eigenvalue weighted by molar-refractivity contribution is 5.82. The standard InChI is InChI=1S/C12H17N3O3/c1-12(2,11(16)13-3)8-14-9-4-6-10(7-5-9)15(17)18/h4-7,14H,8H2,1-3H3,(H,13,16). The number of nitrogens with zero attached hydrogens (tertiary/aromatic N) is 1. The Balaban J connectivity index is 2.64. The molecule has 0 aromatic heterocycles. The highest BCUT2D eigenvalue weighted by Gasteiger charge is 2.26. The summed E-state index contributed by atoms with van der Waals surface area (Å²) in [5, 5.41) is 16.2. The maximum Gasteiger partial charge on any atom is 0.269 e. The molecule has 0 saturated heterocycles. The molecule has 6 nitrogen and oxygen atoms in total. The molecule has 0 saturated carbocycles. The molecule has 98 valence electrons. The molecule has 0 bridgehead atoms. The van der Waals surface area contributed by atoms with Crippen LogP contribution < -0.4 is 10.6 Å². The number of hydrogen-bond acceptors (Lipinski definition) is 4. The van der Waals surface area contributed by atoms with Crippen molar-refractivity contribution < 1.29 is 9.72 Å². The van der Waals surface area contributed by atoms with Gasteiger partial charge in [0.25, 0.3) is 5.69 Å². The minimum atomic E-state index is -0.545. The van der Waals surface area contributed by atoms with E-state index in [4.69, 9.17) is 0 Å². The number of nitrogens with one attached hydrogen (secondary N) is 2. The highest BCUT2D eigenvalue weighted by Crippen LogP contribution is 2.19. The fourth-order valence-electron chi connectivity index (χ4n) is 1.44. The van der Waals surface area contributed by atoms with Crippen molar-refractivity contribution in [3.05, 3.63) is 34.4 Å². The molecule has 18 heavy (non-hydrogen) atoms. The van der Waals surface area contributed by atoms with Gasteiger partial charge in [-0.2, -0.15) is 0 Å². The van der Waals surface area contributed by atoms with E-state index in [9.17, 15) is 14.9 Å². The monoisotopic (exact) mass is 251 g/mol. The Hall–Kier alpha value is -2.11. The van der Waals surface area contributed by atoms with Crippen molar-refractivity contribution in [3.8, 4) is 0 Å². The number of non-ortho nitro benzene ring substituents is 1. The molecule has 0 aliphatic carbocycles. The van der Waals surface area contributed by atoms with E-state index < -0.39 is 10.3 Å². The lowest BCUT2D eigenvalue weighted by Crippen LogP contribution is -2.39. The second-order valence-electron chi connectivity index (χ2n) is 4.62. The molecule has 0 unspecified atom stereocenters. The number of amides is 1. The molecule has 1 aromatic rings. The Kier molecular flexibility index (Phi) is 4.25. The molecular formula is C12H17N3O3. The minimum Gasteiger partial charge on any atom is -0.384 e. The number of carbonyl (C=O) groups is 1. The summed E-state index contributed by atoms with van der Waals surface area (Å²) in [6, 6.07) is 6.10. The van der Waals surface area contributed by atoms with Crippen LogP contribution in [0.15, 0.2) is 24.3 Å². The zero-order chi connectivity index (χ0) is 13.8. The Morgan fingerprint density at radius 1 is 1.33 bits per heavy atom. The topological polar surface area (TPSA) is 84.3 Å². The fourth-order valence-corrected chi connectivity index (χ4v) is 1.44. The molecule has 1 rings (SSSR count). The highest BCUT2D eigenvalue weighted by atomic mass is 16.6. The largest absolute Gasteiger partial charge is 0.384 e. The summed E-state index contributed by atoms with van der Waals surface area (Å²) in [6.45, 7) is 4.10. The van der Waals surface area contributed by atoms with Gasteiger partial charge in [-0.15, -0.1) is 0 Å². The first-order valence-corrected chi connectivity index (χ1v) is 5.57. The molecule has 2 N–H and O–H groups in total. The molecule has 1 aromatic carbocycles. The van der Waals surface area contributed by atoms with Gasteiger partial charge in [-0.05, 0) is 26.0 Å². The number of rotatable bonds is 5. The van der Waals surface area contributed by atoms with E-state index in [0.29, 0.717) is 6.54 Å². The second kappa shape index (κ2) is 5.48. The Bertz CT molecular complexity index is 440. The molecule has 6 heteroatoms. The zero-order valence-corrected chi connectivity index (χ0v) is 10.7. The van der Waals surface area contributed by atoms with E-state index in [1.807, 2.05) is 13.8 Å². The molecule has 0 aliphatic rings. The quantitative estimate of drug-likeness (QED) is 0.617.